The largest absolute Gasteiger partial charge is 0.308 e. The Morgan fingerprint density at radius 1 is 0.224 bits per heavy atom. The van der Waals surface area contributed by atoms with E-state index in [2.05, 4.69) is 114 Å². The Labute approximate surface area is 387 Å². The minimum Gasteiger partial charge on any atom is -0.308 e. The highest BCUT2D eigenvalue weighted by Crippen LogP contribution is 2.43. The summed E-state index contributed by atoms with van der Waals surface area (Å²) in [5.74, 6) is 3.31. The van der Waals surface area contributed by atoms with Gasteiger partial charge in [0.2, 0.25) is 0 Å². The van der Waals surface area contributed by atoms with Gasteiger partial charge in [0, 0.05) is 44.2 Å². The zero-order chi connectivity index (χ0) is 44.5. The zero-order valence-electron chi connectivity index (χ0n) is 36.1. The van der Waals surface area contributed by atoms with Crippen LogP contribution in [0.5, 0.6) is 0 Å². The SMILES string of the molecule is c1ccc(-c2ccc3c(c2)c2cc(-c4ccccc4)ccc2n3-c2c(-c3nc(-c4ccccc4)nc(-c4ccccc4)n3)cccc2-c2nc(-c3ccccc3)nc(-c3ccccc3)n2)cc1. The third kappa shape index (κ3) is 7.50. The van der Waals surface area contributed by atoms with Gasteiger partial charge in [-0.15, -0.1) is 0 Å². The quantitative estimate of drug-likeness (QED) is 0.144. The van der Waals surface area contributed by atoms with Gasteiger partial charge in [0.05, 0.1) is 16.7 Å². The van der Waals surface area contributed by atoms with Gasteiger partial charge in [0.15, 0.2) is 34.9 Å². The summed E-state index contributed by atoms with van der Waals surface area (Å²) in [4.78, 5) is 31.4. The summed E-state index contributed by atoms with van der Waals surface area (Å²) in [7, 11) is 0. The zero-order valence-corrected chi connectivity index (χ0v) is 36.1. The van der Waals surface area contributed by atoms with E-state index in [-0.39, 0.29) is 0 Å². The number of para-hydroxylation sites is 1. The van der Waals surface area contributed by atoms with Gasteiger partial charge >= 0.3 is 0 Å². The number of nitrogens with zero attached hydrogens (tertiary/aromatic N) is 7. The van der Waals surface area contributed by atoms with Crippen molar-refractivity contribution in [3.05, 3.63) is 237 Å². The van der Waals surface area contributed by atoms with Gasteiger partial charge in [-0.25, -0.2) is 29.9 Å². The van der Waals surface area contributed by atoms with E-state index in [1.165, 1.54) is 0 Å². The van der Waals surface area contributed by atoms with Crippen LogP contribution in [0.2, 0.25) is 0 Å². The highest BCUT2D eigenvalue weighted by Gasteiger charge is 2.25. The molecule has 9 aromatic carbocycles. The van der Waals surface area contributed by atoms with Crippen LogP contribution < -0.4 is 0 Å². The lowest BCUT2D eigenvalue weighted by molar-refractivity contribution is 1.05. The van der Waals surface area contributed by atoms with Crippen LogP contribution in [-0.4, -0.2) is 34.5 Å². The van der Waals surface area contributed by atoms with Crippen molar-refractivity contribution in [2.45, 2.75) is 0 Å². The molecule has 3 aromatic heterocycles. The Hall–Kier alpha value is -9.20. The fourth-order valence-electron chi connectivity index (χ4n) is 8.89. The molecule has 0 unspecified atom stereocenters. The van der Waals surface area contributed by atoms with Crippen molar-refractivity contribution in [1.29, 1.82) is 0 Å². The number of benzene rings is 9. The van der Waals surface area contributed by atoms with Crippen molar-refractivity contribution in [3.8, 4) is 96.3 Å². The summed E-state index contributed by atoms with van der Waals surface area (Å²) < 4.78 is 2.35. The van der Waals surface area contributed by atoms with Gasteiger partial charge in [-0.1, -0.05) is 200 Å². The topological polar surface area (TPSA) is 82.3 Å². The summed E-state index contributed by atoms with van der Waals surface area (Å²) in [5.41, 5.74) is 12.5. The first kappa shape index (κ1) is 39.4. The van der Waals surface area contributed by atoms with Crippen LogP contribution in [0, 0.1) is 0 Å². The third-order valence-electron chi connectivity index (χ3n) is 12.1. The monoisotopic (exact) mass is 857 g/mol. The molecule has 0 saturated carbocycles. The van der Waals surface area contributed by atoms with Crippen LogP contribution in [0.3, 0.4) is 0 Å². The predicted molar refractivity (Wildman–Crippen MR) is 271 cm³/mol. The maximum Gasteiger partial charge on any atom is 0.166 e. The molecule has 0 aliphatic carbocycles. The molecule has 67 heavy (non-hydrogen) atoms. The van der Waals surface area contributed by atoms with Gasteiger partial charge in [0.1, 0.15) is 0 Å². The maximum absolute atomic E-state index is 5.31. The van der Waals surface area contributed by atoms with Crippen LogP contribution in [0.25, 0.3) is 118 Å². The number of rotatable bonds is 9. The van der Waals surface area contributed by atoms with Gasteiger partial charge in [-0.2, -0.15) is 0 Å². The Morgan fingerprint density at radius 3 is 0.821 bits per heavy atom. The Morgan fingerprint density at radius 2 is 0.507 bits per heavy atom. The van der Waals surface area contributed by atoms with E-state index >= 15 is 0 Å². The molecule has 314 valence electrons. The summed E-state index contributed by atoms with van der Waals surface area (Å²) >= 11 is 0. The van der Waals surface area contributed by atoms with E-state index in [4.69, 9.17) is 29.9 Å². The molecule has 0 aliphatic rings. The first-order valence-corrected chi connectivity index (χ1v) is 22.3. The van der Waals surface area contributed by atoms with E-state index < -0.39 is 0 Å². The lowest BCUT2D eigenvalue weighted by atomic mass is 10.0. The Kier molecular flexibility index (Phi) is 10.0. The van der Waals surface area contributed by atoms with Crippen molar-refractivity contribution in [1.82, 2.24) is 34.5 Å². The molecule has 0 N–H and O–H groups in total. The van der Waals surface area contributed by atoms with E-state index in [0.29, 0.717) is 34.9 Å². The first-order chi connectivity index (χ1) is 33.2. The van der Waals surface area contributed by atoms with Crippen molar-refractivity contribution in [2.24, 2.45) is 0 Å². The van der Waals surface area contributed by atoms with E-state index in [0.717, 1.165) is 83.1 Å². The van der Waals surface area contributed by atoms with Gasteiger partial charge in [0.25, 0.3) is 0 Å². The van der Waals surface area contributed by atoms with E-state index in [1.54, 1.807) is 0 Å². The number of aromatic nitrogens is 7. The number of hydrogen-bond donors (Lipinski definition) is 0. The summed E-state index contributed by atoms with van der Waals surface area (Å²) in [6.45, 7) is 0. The van der Waals surface area contributed by atoms with Gasteiger partial charge < -0.3 is 4.57 Å². The fraction of sp³-hybridized carbons (Fsp3) is 0. The fourth-order valence-corrected chi connectivity index (χ4v) is 8.89. The lowest BCUT2D eigenvalue weighted by Gasteiger charge is -2.19. The summed E-state index contributed by atoms with van der Waals surface area (Å²) in [6, 6.07) is 81.2. The summed E-state index contributed by atoms with van der Waals surface area (Å²) in [5, 5.41) is 2.21. The van der Waals surface area contributed by atoms with Gasteiger partial charge in [-0.3, -0.25) is 0 Å². The second-order valence-corrected chi connectivity index (χ2v) is 16.3. The Bertz CT molecular complexity index is 3350. The molecule has 12 aromatic rings. The smallest absolute Gasteiger partial charge is 0.166 e. The van der Waals surface area contributed by atoms with Crippen LogP contribution in [0.1, 0.15) is 0 Å². The molecule has 0 spiro atoms. The second kappa shape index (κ2) is 17.1. The Balaban J connectivity index is 1.20. The van der Waals surface area contributed by atoms with Crippen LogP contribution in [0.4, 0.5) is 0 Å². The minimum absolute atomic E-state index is 0.516. The lowest BCUT2D eigenvalue weighted by Crippen LogP contribution is -2.07. The van der Waals surface area contributed by atoms with Crippen molar-refractivity contribution in [3.63, 3.8) is 0 Å². The normalized spacial score (nSPS) is 11.3. The molecule has 0 fully saturated rings. The molecule has 0 aliphatic heterocycles. The van der Waals surface area contributed by atoms with E-state index in [1.807, 2.05) is 127 Å². The number of hydrogen-bond acceptors (Lipinski definition) is 6. The molecule has 3 heterocycles. The average molecular weight is 858 g/mol. The molecule has 12 rings (SSSR count). The second-order valence-electron chi connectivity index (χ2n) is 16.3. The predicted octanol–water partition coefficient (Wildman–Crippen LogP) is 14.5. The van der Waals surface area contributed by atoms with E-state index in [9.17, 15) is 0 Å². The summed E-state index contributed by atoms with van der Waals surface area (Å²) in [6.07, 6.45) is 0. The van der Waals surface area contributed by atoms with Crippen LogP contribution in [0.15, 0.2) is 237 Å². The molecule has 0 bridgehead atoms. The van der Waals surface area contributed by atoms with Crippen LogP contribution in [-0.2, 0) is 0 Å². The molecule has 0 saturated heterocycles. The highest BCUT2D eigenvalue weighted by molar-refractivity contribution is 6.12. The average Bonchev–Trinajstić information content (AvgIpc) is 3.74. The minimum atomic E-state index is 0.516. The molecule has 0 atom stereocenters. The standard InChI is InChI=1S/C60H39N7/c1-7-20-40(21-8-1)46-34-36-52-50(38-46)51-39-47(41-22-9-2-10-23-41)35-37-53(51)67(52)54-48(59-63-55(42-24-11-3-12-25-42)61-56(64-59)43-26-13-4-14-27-43)32-19-33-49(54)60-65-57(44-28-15-5-16-29-44)62-58(66-60)45-30-17-6-18-31-45/h1-39H. The van der Waals surface area contributed by atoms with Crippen molar-refractivity contribution < 1.29 is 0 Å². The van der Waals surface area contributed by atoms with Crippen molar-refractivity contribution >= 4 is 21.8 Å². The molecular formula is C60H39N7. The third-order valence-corrected chi connectivity index (χ3v) is 12.1. The molecule has 0 radical (unpaired) electrons. The van der Waals surface area contributed by atoms with Gasteiger partial charge in [-0.05, 0) is 58.7 Å². The molecule has 0 amide bonds. The molecule has 7 nitrogen and oxygen atoms in total. The first-order valence-electron chi connectivity index (χ1n) is 22.3. The maximum atomic E-state index is 5.31. The van der Waals surface area contributed by atoms with Crippen molar-refractivity contribution in [2.75, 3.05) is 0 Å². The number of fused-ring (bicyclic) bond motifs is 3. The highest BCUT2D eigenvalue weighted by atomic mass is 15.1. The van der Waals surface area contributed by atoms with Crippen LogP contribution >= 0.6 is 0 Å². The molecular weight excluding hydrogens is 819 g/mol. The molecule has 7 heteroatoms.